The minimum absolute atomic E-state index is 0.837. The first-order valence-corrected chi connectivity index (χ1v) is 14.4. The number of ether oxygens (including phenoxy) is 1. The van der Waals surface area contributed by atoms with Crippen molar-refractivity contribution in [1.82, 2.24) is 4.57 Å². The van der Waals surface area contributed by atoms with Crippen molar-refractivity contribution in [2.45, 2.75) is 0 Å². The molecule has 0 unspecified atom stereocenters. The molecule has 0 aliphatic carbocycles. The second-order valence-corrected chi connectivity index (χ2v) is 11.2. The fourth-order valence-electron chi connectivity index (χ4n) is 7.18. The maximum atomic E-state index is 6.39. The minimum Gasteiger partial charge on any atom is -0.453 e. The van der Waals surface area contributed by atoms with Gasteiger partial charge in [-0.2, -0.15) is 0 Å². The first kappa shape index (κ1) is 22.2. The number of anilines is 2. The lowest BCUT2D eigenvalue weighted by Gasteiger charge is -2.28. The van der Waals surface area contributed by atoms with Gasteiger partial charge in [0, 0.05) is 38.3 Å². The Hall–Kier alpha value is -5.48. The molecule has 0 spiro atoms. The molecule has 42 heavy (non-hydrogen) atoms. The van der Waals surface area contributed by atoms with Crippen molar-refractivity contribution in [1.29, 1.82) is 0 Å². The zero-order chi connectivity index (χ0) is 27.4. The summed E-state index contributed by atoms with van der Waals surface area (Å²) in [6.07, 6.45) is 0. The molecular formula is C38H22BN2O. The Labute approximate surface area is 242 Å². The summed E-state index contributed by atoms with van der Waals surface area (Å²) in [5, 5.41) is 11.2. The predicted molar refractivity (Wildman–Crippen MR) is 176 cm³/mol. The van der Waals surface area contributed by atoms with E-state index in [0.717, 1.165) is 28.4 Å². The number of para-hydroxylation sites is 4. The quantitative estimate of drug-likeness (QED) is 0.214. The lowest BCUT2D eigenvalue weighted by Crippen LogP contribution is -2.37. The van der Waals surface area contributed by atoms with Gasteiger partial charge in [0.1, 0.15) is 0 Å². The summed E-state index contributed by atoms with van der Waals surface area (Å²) < 4.78 is 8.93. The van der Waals surface area contributed by atoms with Crippen molar-refractivity contribution >= 4 is 72.9 Å². The second-order valence-electron chi connectivity index (χ2n) is 11.2. The van der Waals surface area contributed by atoms with Crippen LogP contribution in [0.2, 0.25) is 0 Å². The van der Waals surface area contributed by atoms with Crippen LogP contribution in [-0.2, 0) is 0 Å². The fourth-order valence-corrected chi connectivity index (χ4v) is 7.18. The highest BCUT2D eigenvalue weighted by molar-refractivity contribution is 6.74. The molecule has 4 heteroatoms. The standard InChI is InChI=1S/C38H22BN2O/c1-3-11-24-22(9-1)19-20-28-27-14-7-15-30-37(27)41(36(24)28)38-25-12-4-2-10-23(25)21-29(34(38)39-30)26-13-8-18-33-35(26)40-31-16-5-6-17-32(31)42-33/h1-21,40H. The molecule has 1 radical (unpaired) electrons. The summed E-state index contributed by atoms with van der Waals surface area (Å²) in [5.74, 6) is 1.68. The van der Waals surface area contributed by atoms with Crippen LogP contribution in [0.25, 0.3) is 60.2 Å². The van der Waals surface area contributed by atoms with Gasteiger partial charge in [-0.25, -0.2) is 0 Å². The monoisotopic (exact) mass is 533 g/mol. The lowest BCUT2D eigenvalue weighted by atomic mass is 9.58. The summed E-state index contributed by atoms with van der Waals surface area (Å²) in [6.45, 7) is 0. The van der Waals surface area contributed by atoms with E-state index in [0.29, 0.717) is 0 Å². The highest BCUT2D eigenvalue weighted by Gasteiger charge is 2.29. The molecule has 0 amide bonds. The zero-order valence-corrected chi connectivity index (χ0v) is 22.6. The SMILES string of the molecule is [B]1c2c(-c3cccc4c3Nc3ccccc3O4)cc3ccccc3c2-n2c3c1cccc3c1ccc3ccccc3c12. The number of nitrogens with one attached hydrogen (secondary N) is 1. The molecule has 1 N–H and O–H groups in total. The molecule has 7 aromatic carbocycles. The first-order valence-electron chi connectivity index (χ1n) is 14.4. The van der Waals surface area contributed by atoms with Crippen LogP contribution in [0.5, 0.6) is 11.5 Å². The van der Waals surface area contributed by atoms with Gasteiger partial charge in [0.2, 0.25) is 0 Å². The third kappa shape index (κ3) is 2.86. The molecule has 0 bridgehead atoms. The van der Waals surface area contributed by atoms with Gasteiger partial charge < -0.3 is 14.6 Å². The molecule has 0 saturated heterocycles. The summed E-state index contributed by atoms with van der Waals surface area (Å²) in [6, 6.07) is 45.6. The van der Waals surface area contributed by atoms with Gasteiger partial charge >= 0.3 is 0 Å². The van der Waals surface area contributed by atoms with Gasteiger partial charge in [0.15, 0.2) is 18.8 Å². The van der Waals surface area contributed by atoms with Crippen LogP contribution in [0, 0.1) is 0 Å². The molecule has 0 saturated carbocycles. The van der Waals surface area contributed by atoms with Gasteiger partial charge in [-0.3, -0.25) is 0 Å². The third-order valence-electron chi connectivity index (χ3n) is 8.97. The van der Waals surface area contributed by atoms with E-state index in [1.54, 1.807) is 0 Å². The number of hydrogen-bond acceptors (Lipinski definition) is 2. The normalized spacial score (nSPS) is 12.9. The van der Waals surface area contributed by atoms with Crippen LogP contribution >= 0.6 is 0 Å². The summed E-state index contributed by atoms with van der Waals surface area (Å²) >= 11 is 0. The number of benzene rings is 7. The summed E-state index contributed by atoms with van der Waals surface area (Å²) in [4.78, 5) is 0. The van der Waals surface area contributed by atoms with E-state index < -0.39 is 0 Å². The summed E-state index contributed by atoms with van der Waals surface area (Å²) in [5.41, 5.74) is 10.5. The molecular weight excluding hydrogens is 511 g/mol. The van der Waals surface area contributed by atoms with Crippen molar-refractivity contribution < 1.29 is 4.74 Å². The maximum Gasteiger partial charge on any atom is 0.197 e. The molecule has 0 fully saturated rings. The number of nitrogens with zero attached hydrogens (tertiary/aromatic N) is 1. The van der Waals surface area contributed by atoms with E-state index in [1.807, 2.05) is 24.3 Å². The van der Waals surface area contributed by atoms with Crippen LogP contribution in [0.3, 0.4) is 0 Å². The van der Waals surface area contributed by atoms with Crippen LogP contribution in [0.4, 0.5) is 11.4 Å². The van der Waals surface area contributed by atoms with Crippen molar-refractivity contribution in [2.24, 2.45) is 0 Å². The summed E-state index contributed by atoms with van der Waals surface area (Å²) in [7, 11) is 2.39. The van der Waals surface area contributed by atoms with Crippen LogP contribution in [0.1, 0.15) is 0 Å². The highest BCUT2D eigenvalue weighted by atomic mass is 16.5. The Kier molecular flexibility index (Phi) is 4.26. The average Bonchev–Trinajstić information content (AvgIpc) is 3.39. The maximum absolute atomic E-state index is 6.39. The highest BCUT2D eigenvalue weighted by Crippen LogP contribution is 2.47. The molecule has 3 heterocycles. The van der Waals surface area contributed by atoms with Crippen molar-refractivity contribution in [3.05, 3.63) is 127 Å². The van der Waals surface area contributed by atoms with E-state index in [4.69, 9.17) is 4.74 Å². The van der Waals surface area contributed by atoms with E-state index in [1.165, 1.54) is 65.5 Å². The Bertz CT molecular complexity index is 2460. The van der Waals surface area contributed by atoms with E-state index >= 15 is 0 Å². The predicted octanol–water partition coefficient (Wildman–Crippen LogP) is 8.57. The van der Waals surface area contributed by atoms with Crippen LogP contribution in [-0.4, -0.2) is 11.8 Å². The Morgan fingerprint density at radius 2 is 1.29 bits per heavy atom. The minimum atomic E-state index is 0.837. The van der Waals surface area contributed by atoms with Crippen molar-refractivity contribution in [3.8, 4) is 28.3 Å². The van der Waals surface area contributed by atoms with E-state index in [-0.39, 0.29) is 0 Å². The molecule has 2 aliphatic heterocycles. The number of fused-ring (bicyclic) bond motifs is 11. The number of aromatic nitrogens is 1. The fraction of sp³-hybridized carbons (Fsp3) is 0. The van der Waals surface area contributed by atoms with Gasteiger partial charge in [-0.1, -0.05) is 109 Å². The molecule has 10 rings (SSSR count). The van der Waals surface area contributed by atoms with Crippen LogP contribution < -0.4 is 21.0 Å². The Balaban J connectivity index is 1.36. The van der Waals surface area contributed by atoms with Crippen molar-refractivity contribution in [2.75, 3.05) is 5.32 Å². The van der Waals surface area contributed by atoms with Crippen LogP contribution in [0.15, 0.2) is 127 Å². The number of hydrogen-bond donors (Lipinski definition) is 1. The molecule has 0 atom stereocenters. The van der Waals surface area contributed by atoms with Gasteiger partial charge in [0.25, 0.3) is 0 Å². The van der Waals surface area contributed by atoms with E-state index in [2.05, 4.69) is 120 Å². The van der Waals surface area contributed by atoms with Gasteiger partial charge in [0.05, 0.1) is 16.9 Å². The zero-order valence-electron chi connectivity index (χ0n) is 22.6. The third-order valence-corrected chi connectivity index (χ3v) is 8.97. The lowest BCUT2D eigenvalue weighted by molar-refractivity contribution is 0.481. The molecule has 193 valence electrons. The molecule has 2 aliphatic rings. The van der Waals surface area contributed by atoms with Gasteiger partial charge in [-0.15, -0.1) is 0 Å². The Morgan fingerprint density at radius 3 is 2.24 bits per heavy atom. The second kappa shape index (κ2) is 8.05. The van der Waals surface area contributed by atoms with Gasteiger partial charge in [-0.05, 0) is 46.1 Å². The van der Waals surface area contributed by atoms with Crippen molar-refractivity contribution in [3.63, 3.8) is 0 Å². The van der Waals surface area contributed by atoms with E-state index in [9.17, 15) is 0 Å². The molecule has 8 aromatic rings. The smallest absolute Gasteiger partial charge is 0.197 e. The largest absolute Gasteiger partial charge is 0.453 e. The number of rotatable bonds is 1. The topological polar surface area (TPSA) is 26.2 Å². The molecule has 3 nitrogen and oxygen atoms in total. The molecule has 1 aromatic heterocycles. The Morgan fingerprint density at radius 1 is 0.548 bits per heavy atom. The average molecular weight is 533 g/mol. The first-order chi connectivity index (χ1) is 20.8.